The van der Waals surface area contributed by atoms with Crippen LogP contribution in [0.5, 0.6) is 11.5 Å². The molecule has 0 atom stereocenters. The Bertz CT molecular complexity index is 1110. The van der Waals surface area contributed by atoms with Crippen LogP contribution in [0.2, 0.25) is 0 Å². The lowest BCUT2D eigenvalue weighted by atomic mass is 10.1. The van der Waals surface area contributed by atoms with Gasteiger partial charge in [-0.15, -0.1) is 10.2 Å². The minimum absolute atomic E-state index is 0.0827. The number of ether oxygens (including phenoxy) is 2. The Morgan fingerprint density at radius 2 is 1.62 bits per heavy atom. The summed E-state index contributed by atoms with van der Waals surface area (Å²) >= 11 is 0. The molecular weight excluding hydrogens is 404 g/mol. The molecule has 0 spiro atoms. The molecule has 3 aromatic rings. The van der Waals surface area contributed by atoms with Crippen LogP contribution in [-0.4, -0.2) is 61.4 Å². The van der Waals surface area contributed by atoms with E-state index < -0.39 is 0 Å². The first-order valence-corrected chi connectivity index (χ1v) is 10.7. The van der Waals surface area contributed by atoms with Gasteiger partial charge in [0.05, 0.1) is 19.9 Å². The molecule has 166 valence electrons. The standard InChI is InChI=1S/C25H28N4O3/c1-17-5-6-19(15-18(17)2)25(30)29-13-11-28(12-14-29)24-10-8-22(26-27-24)21-16-20(31-3)7-9-23(21)32-4/h5-10,15-16H,11-14H2,1-4H3. The largest absolute Gasteiger partial charge is 0.497 e. The Kier molecular flexibility index (Phi) is 6.25. The number of piperazine rings is 1. The summed E-state index contributed by atoms with van der Waals surface area (Å²) in [6.07, 6.45) is 0. The van der Waals surface area contributed by atoms with Crippen molar-refractivity contribution in [3.8, 4) is 22.8 Å². The molecule has 0 N–H and O–H groups in total. The lowest BCUT2D eigenvalue weighted by Crippen LogP contribution is -2.49. The number of rotatable bonds is 5. The van der Waals surface area contributed by atoms with Gasteiger partial charge in [0.2, 0.25) is 0 Å². The normalized spacial score (nSPS) is 13.8. The number of hydrogen-bond donors (Lipinski definition) is 0. The predicted octanol–water partition coefficient (Wildman–Crippen LogP) is 3.74. The molecule has 1 aliphatic rings. The number of carbonyl (C=O) groups is 1. The summed E-state index contributed by atoms with van der Waals surface area (Å²) in [6, 6.07) is 15.4. The summed E-state index contributed by atoms with van der Waals surface area (Å²) in [4.78, 5) is 16.9. The van der Waals surface area contributed by atoms with E-state index in [1.165, 1.54) is 5.56 Å². The third-order valence-electron chi connectivity index (χ3n) is 5.98. The average molecular weight is 433 g/mol. The Morgan fingerprint density at radius 1 is 0.844 bits per heavy atom. The summed E-state index contributed by atoms with van der Waals surface area (Å²) in [5.41, 5.74) is 4.62. The quantitative estimate of drug-likeness (QED) is 0.612. The van der Waals surface area contributed by atoms with Crippen LogP contribution in [0, 0.1) is 13.8 Å². The topological polar surface area (TPSA) is 67.8 Å². The van der Waals surface area contributed by atoms with Crippen LogP contribution < -0.4 is 14.4 Å². The summed E-state index contributed by atoms with van der Waals surface area (Å²) in [5, 5.41) is 8.86. The smallest absolute Gasteiger partial charge is 0.253 e. The van der Waals surface area contributed by atoms with E-state index in [0.717, 1.165) is 28.3 Å². The second-order valence-electron chi connectivity index (χ2n) is 7.92. The van der Waals surface area contributed by atoms with E-state index in [1.807, 2.05) is 60.4 Å². The predicted molar refractivity (Wildman–Crippen MR) is 125 cm³/mol. The number of nitrogens with zero attached hydrogens (tertiary/aromatic N) is 4. The Hall–Kier alpha value is -3.61. The highest BCUT2D eigenvalue weighted by Gasteiger charge is 2.23. The fourth-order valence-corrected chi connectivity index (χ4v) is 3.85. The van der Waals surface area contributed by atoms with E-state index in [4.69, 9.17) is 9.47 Å². The maximum Gasteiger partial charge on any atom is 0.253 e. The van der Waals surface area contributed by atoms with E-state index in [1.54, 1.807) is 14.2 Å². The molecule has 0 saturated carbocycles. The first-order valence-electron chi connectivity index (χ1n) is 10.7. The highest BCUT2D eigenvalue weighted by atomic mass is 16.5. The number of benzene rings is 2. The molecule has 0 bridgehead atoms. The minimum atomic E-state index is 0.0827. The van der Waals surface area contributed by atoms with Gasteiger partial charge in [-0.1, -0.05) is 6.07 Å². The van der Waals surface area contributed by atoms with Gasteiger partial charge in [-0.2, -0.15) is 0 Å². The number of aromatic nitrogens is 2. The molecule has 1 fully saturated rings. The van der Waals surface area contributed by atoms with Crippen molar-refractivity contribution < 1.29 is 14.3 Å². The molecule has 1 saturated heterocycles. The molecule has 32 heavy (non-hydrogen) atoms. The van der Waals surface area contributed by atoms with Gasteiger partial charge in [-0.3, -0.25) is 4.79 Å². The first-order chi connectivity index (χ1) is 15.5. The van der Waals surface area contributed by atoms with Crippen molar-refractivity contribution in [3.63, 3.8) is 0 Å². The number of carbonyl (C=O) groups excluding carboxylic acids is 1. The average Bonchev–Trinajstić information content (AvgIpc) is 2.85. The second-order valence-corrected chi connectivity index (χ2v) is 7.92. The van der Waals surface area contributed by atoms with Crippen LogP contribution in [0.15, 0.2) is 48.5 Å². The maximum absolute atomic E-state index is 12.9. The van der Waals surface area contributed by atoms with Crippen LogP contribution in [0.25, 0.3) is 11.3 Å². The van der Waals surface area contributed by atoms with Crippen LogP contribution in [0.4, 0.5) is 5.82 Å². The molecule has 7 heteroatoms. The van der Waals surface area contributed by atoms with Crippen molar-refractivity contribution in [1.29, 1.82) is 0 Å². The zero-order valence-corrected chi connectivity index (χ0v) is 19.0. The molecule has 1 aromatic heterocycles. The fourth-order valence-electron chi connectivity index (χ4n) is 3.85. The zero-order valence-electron chi connectivity index (χ0n) is 19.0. The molecule has 0 aliphatic carbocycles. The van der Waals surface area contributed by atoms with E-state index in [2.05, 4.69) is 22.0 Å². The summed E-state index contributed by atoms with van der Waals surface area (Å²) < 4.78 is 10.8. The highest BCUT2D eigenvalue weighted by Crippen LogP contribution is 2.32. The van der Waals surface area contributed by atoms with E-state index in [9.17, 15) is 4.79 Å². The van der Waals surface area contributed by atoms with Crippen molar-refractivity contribution in [3.05, 3.63) is 65.2 Å². The molecule has 2 aromatic carbocycles. The van der Waals surface area contributed by atoms with Gasteiger partial charge in [0, 0.05) is 37.3 Å². The van der Waals surface area contributed by atoms with E-state index in [-0.39, 0.29) is 5.91 Å². The number of hydrogen-bond acceptors (Lipinski definition) is 6. The molecule has 1 amide bonds. The SMILES string of the molecule is COc1ccc(OC)c(-c2ccc(N3CCN(C(=O)c4ccc(C)c(C)c4)CC3)nn2)c1. The number of anilines is 1. The first kappa shape index (κ1) is 21.6. The molecule has 7 nitrogen and oxygen atoms in total. The number of amides is 1. The maximum atomic E-state index is 12.9. The molecular formula is C25H28N4O3. The lowest BCUT2D eigenvalue weighted by Gasteiger charge is -2.35. The minimum Gasteiger partial charge on any atom is -0.497 e. The van der Waals surface area contributed by atoms with Gasteiger partial charge in [0.1, 0.15) is 11.5 Å². The molecule has 0 unspecified atom stereocenters. The van der Waals surface area contributed by atoms with Crippen LogP contribution in [-0.2, 0) is 0 Å². The zero-order chi connectivity index (χ0) is 22.7. The van der Waals surface area contributed by atoms with E-state index >= 15 is 0 Å². The van der Waals surface area contributed by atoms with Crippen molar-refractivity contribution in [2.24, 2.45) is 0 Å². The summed E-state index contributed by atoms with van der Waals surface area (Å²) in [6.45, 7) is 6.82. The molecule has 0 radical (unpaired) electrons. The van der Waals surface area contributed by atoms with Crippen LogP contribution >= 0.6 is 0 Å². The lowest BCUT2D eigenvalue weighted by molar-refractivity contribution is 0.0746. The molecule has 4 rings (SSSR count). The van der Waals surface area contributed by atoms with Gasteiger partial charge >= 0.3 is 0 Å². The molecule has 2 heterocycles. The monoisotopic (exact) mass is 432 g/mol. The second kappa shape index (κ2) is 9.26. The van der Waals surface area contributed by atoms with Crippen LogP contribution in [0.1, 0.15) is 21.5 Å². The summed E-state index contributed by atoms with van der Waals surface area (Å²) in [7, 11) is 3.26. The van der Waals surface area contributed by atoms with Crippen LogP contribution in [0.3, 0.4) is 0 Å². The number of aryl methyl sites for hydroxylation is 2. The van der Waals surface area contributed by atoms with Crippen molar-refractivity contribution in [2.75, 3.05) is 45.3 Å². The third kappa shape index (κ3) is 4.37. The third-order valence-corrected chi connectivity index (χ3v) is 5.98. The molecule has 1 aliphatic heterocycles. The Balaban J connectivity index is 1.43. The highest BCUT2D eigenvalue weighted by molar-refractivity contribution is 5.94. The van der Waals surface area contributed by atoms with Crippen molar-refractivity contribution >= 4 is 11.7 Å². The van der Waals surface area contributed by atoms with E-state index in [0.29, 0.717) is 37.6 Å². The Morgan fingerprint density at radius 3 is 2.25 bits per heavy atom. The van der Waals surface area contributed by atoms with Crippen molar-refractivity contribution in [1.82, 2.24) is 15.1 Å². The van der Waals surface area contributed by atoms with Gasteiger partial charge in [0.25, 0.3) is 5.91 Å². The van der Waals surface area contributed by atoms with Gasteiger partial charge in [-0.05, 0) is 67.4 Å². The van der Waals surface area contributed by atoms with Gasteiger partial charge in [-0.25, -0.2) is 0 Å². The summed E-state index contributed by atoms with van der Waals surface area (Å²) in [5.74, 6) is 2.33. The van der Waals surface area contributed by atoms with Gasteiger partial charge < -0.3 is 19.3 Å². The number of methoxy groups -OCH3 is 2. The Labute approximate surface area is 188 Å². The fraction of sp³-hybridized carbons (Fsp3) is 0.320. The van der Waals surface area contributed by atoms with Crippen molar-refractivity contribution in [2.45, 2.75) is 13.8 Å². The van der Waals surface area contributed by atoms with Gasteiger partial charge in [0.15, 0.2) is 5.82 Å².